The standard InChI is InChI=1S/C31H36N4O5/c1-19-16-35(20(2)18-36)30(38)24-11-7-13-26(32-29(37)22-14-15-22)28(24)40-27(19)17-34(3)31(39)33-25-12-6-9-21-8-4-5-10-23(21)25/h4-13,19-20,22,27,36H,14-18H2,1-3H3,(H,32,37)(H,33,39)/t19-,20-,27-/m0/s1. The minimum Gasteiger partial charge on any atom is -0.485 e. The molecule has 0 aromatic heterocycles. The molecule has 3 aromatic rings. The predicted molar refractivity (Wildman–Crippen MR) is 155 cm³/mol. The maximum Gasteiger partial charge on any atom is 0.321 e. The first kappa shape index (κ1) is 27.5. The first-order chi connectivity index (χ1) is 19.3. The van der Waals surface area contributed by atoms with Gasteiger partial charge in [0.25, 0.3) is 5.91 Å². The molecule has 0 unspecified atom stereocenters. The van der Waals surface area contributed by atoms with Gasteiger partial charge in [-0.2, -0.15) is 0 Å². The Labute approximate surface area is 234 Å². The summed E-state index contributed by atoms with van der Waals surface area (Å²) < 4.78 is 6.51. The van der Waals surface area contributed by atoms with Crippen LogP contribution in [0.25, 0.3) is 10.8 Å². The number of para-hydroxylation sites is 1. The molecule has 210 valence electrons. The van der Waals surface area contributed by atoms with Crippen LogP contribution in [0.5, 0.6) is 5.75 Å². The molecule has 1 fully saturated rings. The number of benzene rings is 3. The molecule has 3 aromatic carbocycles. The van der Waals surface area contributed by atoms with E-state index in [9.17, 15) is 19.5 Å². The zero-order chi connectivity index (χ0) is 28.4. The molecule has 0 radical (unpaired) electrons. The Hall–Kier alpha value is -4.11. The van der Waals surface area contributed by atoms with Crippen molar-refractivity contribution in [2.24, 2.45) is 11.8 Å². The molecule has 1 heterocycles. The molecule has 1 aliphatic carbocycles. The van der Waals surface area contributed by atoms with Gasteiger partial charge in [-0.1, -0.05) is 49.4 Å². The third kappa shape index (κ3) is 5.74. The van der Waals surface area contributed by atoms with Crippen LogP contribution in [0.1, 0.15) is 37.0 Å². The Balaban J connectivity index is 1.42. The van der Waals surface area contributed by atoms with Crippen molar-refractivity contribution in [1.82, 2.24) is 9.80 Å². The Morgan fingerprint density at radius 1 is 1.05 bits per heavy atom. The van der Waals surface area contributed by atoms with E-state index in [4.69, 9.17) is 4.74 Å². The summed E-state index contributed by atoms with van der Waals surface area (Å²) in [6.07, 6.45) is 1.19. The van der Waals surface area contributed by atoms with Gasteiger partial charge in [-0.15, -0.1) is 0 Å². The number of hydrogen-bond acceptors (Lipinski definition) is 5. The van der Waals surface area contributed by atoms with E-state index in [0.717, 1.165) is 23.6 Å². The maximum atomic E-state index is 13.6. The number of hydrogen-bond donors (Lipinski definition) is 3. The van der Waals surface area contributed by atoms with Gasteiger partial charge in [0, 0.05) is 30.8 Å². The molecular weight excluding hydrogens is 508 g/mol. The number of fused-ring (bicyclic) bond motifs is 2. The van der Waals surface area contributed by atoms with Crippen LogP contribution in [0.4, 0.5) is 16.2 Å². The van der Waals surface area contributed by atoms with Gasteiger partial charge < -0.3 is 30.3 Å². The fraction of sp³-hybridized carbons (Fsp3) is 0.387. The van der Waals surface area contributed by atoms with E-state index in [1.807, 2.05) is 49.4 Å². The van der Waals surface area contributed by atoms with Crippen molar-refractivity contribution < 1.29 is 24.2 Å². The molecule has 1 saturated carbocycles. The molecule has 3 N–H and O–H groups in total. The Morgan fingerprint density at radius 3 is 2.50 bits per heavy atom. The van der Waals surface area contributed by atoms with Crippen molar-refractivity contribution in [2.75, 3.05) is 37.4 Å². The highest BCUT2D eigenvalue weighted by Crippen LogP contribution is 2.37. The number of aliphatic hydroxyl groups is 1. The van der Waals surface area contributed by atoms with Crippen LogP contribution in [0.3, 0.4) is 0 Å². The fourth-order valence-corrected chi connectivity index (χ4v) is 5.04. The van der Waals surface area contributed by atoms with Crippen molar-refractivity contribution in [1.29, 1.82) is 0 Å². The van der Waals surface area contributed by atoms with Crippen molar-refractivity contribution in [3.63, 3.8) is 0 Å². The molecule has 5 rings (SSSR count). The Kier molecular flexibility index (Phi) is 7.93. The average molecular weight is 545 g/mol. The van der Waals surface area contributed by atoms with Crippen molar-refractivity contribution in [2.45, 2.75) is 38.8 Å². The number of ether oxygens (including phenoxy) is 1. The lowest BCUT2D eigenvalue weighted by atomic mass is 9.99. The number of nitrogens with one attached hydrogen (secondary N) is 2. The van der Waals surface area contributed by atoms with Crippen LogP contribution in [-0.2, 0) is 4.79 Å². The van der Waals surface area contributed by atoms with Crippen LogP contribution in [0.15, 0.2) is 60.7 Å². The molecular formula is C31H36N4O5. The van der Waals surface area contributed by atoms with E-state index in [0.29, 0.717) is 23.5 Å². The molecule has 2 aliphatic rings. The Bertz CT molecular complexity index is 1420. The van der Waals surface area contributed by atoms with Gasteiger partial charge in [-0.3, -0.25) is 9.59 Å². The number of aliphatic hydroxyl groups excluding tert-OH is 1. The minimum absolute atomic E-state index is 0.0235. The molecule has 0 bridgehead atoms. The summed E-state index contributed by atoms with van der Waals surface area (Å²) in [7, 11) is 1.70. The number of rotatable bonds is 7. The zero-order valence-corrected chi connectivity index (χ0v) is 23.1. The quantitative estimate of drug-likeness (QED) is 0.404. The number of anilines is 2. The average Bonchev–Trinajstić information content (AvgIpc) is 3.81. The van der Waals surface area contributed by atoms with Gasteiger partial charge >= 0.3 is 6.03 Å². The van der Waals surface area contributed by atoms with E-state index in [-0.39, 0.29) is 48.6 Å². The second-order valence-electron chi connectivity index (χ2n) is 10.9. The highest BCUT2D eigenvalue weighted by atomic mass is 16.5. The molecule has 4 amide bonds. The first-order valence-corrected chi connectivity index (χ1v) is 13.8. The molecule has 0 spiro atoms. The van der Waals surface area contributed by atoms with Crippen molar-refractivity contribution in [3.8, 4) is 5.75 Å². The minimum atomic E-state index is -0.498. The van der Waals surface area contributed by atoms with Crippen LogP contribution >= 0.6 is 0 Å². The van der Waals surface area contributed by atoms with Crippen LogP contribution in [-0.4, -0.2) is 71.6 Å². The van der Waals surface area contributed by atoms with E-state index in [2.05, 4.69) is 10.6 Å². The summed E-state index contributed by atoms with van der Waals surface area (Å²) in [5, 5.41) is 17.8. The number of carbonyl (C=O) groups is 3. The zero-order valence-electron chi connectivity index (χ0n) is 23.1. The predicted octanol–water partition coefficient (Wildman–Crippen LogP) is 4.57. The lowest BCUT2D eigenvalue weighted by molar-refractivity contribution is -0.117. The van der Waals surface area contributed by atoms with Gasteiger partial charge in [-0.25, -0.2) is 4.79 Å². The molecule has 9 heteroatoms. The normalized spacial score (nSPS) is 19.6. The smallest absolute Gasteiger partial charge is 0.321 e. The maximum absolute atomic E-state index is 13.6. The molecule has 40 heavy (non-hydrogen) atoms. The van der Waals surface area contributed by atoms with E-state index in [1.54, 1.807) is 42.0 Å². The highest BCUT2D eigenvalue weighted by Gasteiger charge is 2.36. The first-order valence-electron chi connectivity index (χ1n) is 13.8. The van der Waals surface area contributed by atoms with Gasteiger partial charge in [-0.05, 0) is 43.4 Å². The van der Waals surface area contributed by atoms with Crippen LogP contribution in [0, 0.1) is 11.8 Å². The summed E-state index contributed by atoms with van der Waals surface area (Å²) in [4.78, 5) is 42.8. The number of amides is 4. The third-order valence-electron chi connectivity index (χ3n) is 7.73. The molecule has 1 aliphatic heterocycles. The van der Waals surface area contributed by atoms with Crippen LogP contribution in [0.2, 0.25) is 0 Å². The Morgan fingerprint density at radius 2 is 1.75 bits per heavy atom. The van der Waals surface area contributed by atoms with Gasteiger partial charge in [0.2, 0.25) is 5.91 Å². The topological polar surface area (TPSA) is 111 Å². The third-order valence-corrected chi connectivity index (χ3v) is 7.73. The molecule has 3 atom stereocenters. The van der Waals surface area contributed by atoms with E-state index < -0.39 is 12.1 Å². The second kappa shape index (κ2) is 11.6. The lowest BCUT2D eigenvalue weighted by Gasteiger charge is -2.38. The summed E-state index contributed by atoms with van der Waals surface area (Å²) in [6, 6.07) is 18.0. The molecule has 9 nitrogen and oxygen atoms in total. The van der Waals surface area contributed by atoms with Gasteiger partial charge in [0.15, 0.2) is 5.75 Å². The second-order valence-corrected chi connectivity index (χ2v) is 10.9. The summed E-state index contributed by atoms with van der Waals surface area (Å²) in [5.74, 6) is -0.290. The number of carbonyl (C=O) groups excluding carboxylic acids is 3. The summed E-state index contributed by atoms with van der Waals surface area (Å²) in [5.41, 5.74) is 1.46. The SMILES string of the molecule is C[C@H]1CN([C@@H](C)CO)C(=O)c2cccc(NC(=O)C3CC3)c2O[C@H]1CN(C)C(=O)Nc1cccc2ccccc12. The number of urea groups is 1. The highest BCUT2D eigenvalue weighted by molar-refractivity contribution is 6.03. The van der Waals surface area contributed by atoms with E-state index >= 15 is 0 Å². The van der Waals surface area contributed by atoms with Crippen molar-refractivity contribution in [3.05, 3.63) is 66.2 Å². The van der Waals surface area contributed by atoms with Crippen molar-refractivity contribution >= 4 is 40.0 Å². The van der Waals surface area contributed by atoms with Gasteiger partial charge in [0.05, 0.1) is 36.1 Å². The summed E-state index contributed by atoms with van der Waals surface area (Å²) in [6.45, 7) is 4.14. The van der Waals surface area contributed by atoms with Crippen LogP contribution < -0.4 is 15.4 Å². The molecule has 0 saturated heterocycles. The largest absolute Gasteiger partial charge is 0.485 e. The summed E-state index contributed by atoms with van der Waals surface area (Å²) >= 11 is 0. The monoisotopic (exact) mass is 544 g/mol. The fourth-order valence-electron chi connectivity index (χ4n) is 5.04. The van der Waals surface area contributed by atoms with E-state index in [1.165, 1.54) is 0 Å². The lowest BCUT2D eigenvalue weighted by Crippen LogP contribution is -2.50. The number of nitrogens with zero attached hydrogens (tertiary/aromatic N) is 2. The van der Waals surface area contributed by atoms with Gasteiger partial charge in [0.1, 0.15) is 6.10 Å². The number of likely N-dealkylation sites (N-methyl/N-ethyl adjacent to an activating group) is 1.